The van der Waals surface area contributed by atoms with Gasteiger partial charge in [-0.25, -0.2) is 13.2 Å². The third-order valence-electron chi connectivity index (χ3n) is 2.83. The van der Waals surface area contributed by atoms with E-state index in [9.17, 15) is 35.3 Å². The lowest BCUT2D eigenvalue weighted by atomic mass is 10.1. The summed E-state index contributed by atoms with van der Waals surface area (Å²) in [5.74, 6) is -6.19. The maximum Gasteiger partial charge on any atom is 0.396 e. The summed E-state index contributed by atoms with van der Waals surface area (Å²) in [6.07, 6.45) is -1.81. The Labute approximate surface area is 162 Å². The Hall–Kier alpha value is -0.220. The number of rotatable bonds is 6. The summed E-state index contributed by atoms with van der Waals surface area (Å²) in [5, 5.41) is -5.79. The van der Waals surface area contributed by atoms with Crippen LogP contribution < -0.4 is 0 Å². The van der Waals surface area contributed by atoms with E-state index in [0.717, 1.165) is 5.56 Å². The predicted molar refractivity (Wildman–Crippen MR) is 91.1 cm³/mol. The molecule has 0 aliphatic carbocycles. The van der Waals surface area contributed by atoms with E-state index in [1.54, 1.807) is 13.0 Å². The second-order valence-electron chi connectivity index (χ2n) is 4.65. The van der Waals surface area contributed by atoms with E-state index in [1.165, 1.54) is 6.07 Å². The van der Waals surface area contributed by atoms with E-state index in [1.807, 2.05) is 45.2 Å². The van der Waals surface area contributed by atoms with Crippen molar-refractivity contribution in [3.63, 3.8) is 0 Å². The van der Waals surface area contributed by atoms with Gasteiger partial charge >= 0.3 is 17.1 Å². The van der Waals surface area contributed by atoms with Crippen LogP contribution in [0.2, 0.25) is 0 Å². The first-order chi connectivity index (χ1) is 10.7. The lowest BCUT2D eigenvalue weighted by molar-refractivity contribution is -0.168. The number of esters is 1. The second-order valence-corrected chi connectivity index (χ2v) is 8.39. The number of hydrogen-bond acceptors (Lipinski definition) is 5. The average molecular weight is 595 g/mol. The van der Waals surface area contributed by atoms with Gasteiger partial charge in [0, 0.05) is 7.14 Å². The van der Waals surface area contributed by atoms with E-state index in [-0.39, 0.29) is 5.56 Å². The molecule has 0 radical (unpaired) electrons. The minimum Gasteiger partial charge on any atom is -0.743 e. The van der Waals surface area contributed by atoms with Gasteiger partial charge in [0.05, 0.1) is 18.6 Å². The van der Waals surface area contributed by atoms with Gasteiger partial charge in [-0.05, 0) is 69.8 Å². The molecule has 0 saturated carbocycles. The Balaban J connectivity index is 2.83. The molecular formula is C12H9F4I2O5S-. The van der Waals surface area contributed by atoms with E-state index in [2.05, 4.69) is 4.74 Å². The first-order valence-corrected chi connectivity index (χ1v) is 9.61. The molecule has 0 atom stereocenters. The van der Waals surface area contributed by atoms with Gasteiger partial charge in [0.15, 0.2) is 10.1 Å². The standard InChI is InChI=1S/C12H10F4I2O5S/c1-6-4-7(17)5-8(9(6)18)10(19)23-3-2-11(13,14)12(15,16)24(20,21)22/h4-5H,2-3H2,1H3,(H,20,21,22)/p-1. The molecule has 0 aliphatic rings. The minimum absolute atomic E-state index is 0.0616. The van der Waals surface area contributed by atoms with E-state index >= 15 is 0 Å². The molecular weight excluding hydrogens is 586 g/mol. The molecule has 1 aromatic rings. The van der Waals surface area contributed by atoms with Crippen LogP contribution >= 0.6 is 45.2 Å². The van der Waals surface area contributed by atoms with Gasteiger partial charge in [-0.15, -0.1) is 0 Å². The van der Waals surface area contributed by atoms with Gasteiger partial charge < -0.3 is 9.29 Å². The van der Waals surface area contributed by atoms with Crippen molar-refractivity contribution in [3.05, 3.63) is 30.4 Å². The van der Waals surface area contributed by atoms with Crippen LogP contribution in [-0.4, -0.2) is 36.7 Å². The van der Waals surface area contributed by atoms with Crippen molar-refractivity contribution in [1.82, 2.24) is 0 Å². The van der Waals surface area contributed by atoms with Gasteiger partial charge in [-0.1, -0.05) is 0 Å². The Morgan fingerprint density at radius 1 is 1.25 bits per heavy atom. The summed E-state index contributed by atoms with van der Waals surface area (Å²) in [5.41, 5.74) is 0.787. The third-order valence-corrected chi connectivity index (χ3v) is 5.81. The molecule has 5 nitrogen and oxygen atoms in total. The maximum absolute atomic E-state index is 13.2. The van der Waals surface area contributed by atoms with Crippen molar-refractivity contribution < 1.29 is 40.1 Å². The molecule has 1 rings (SSSR count). The molecule has 0 fully saturated rings. The molecule has 0 saturated heterocycles. The van der Waals surface area contributed by atoms with Crippen LogP contribution in [0.1, 0.15) is 22.3 Å². The highest BCUT2D eigenvalue weighted by molar-refractivity contribution is 14.1. The van der Waals surface area contributed by atoms with Gasteiger partial charge in [0.25, 0.3) is 0 Å². The second kappa shape index (κ2) is 7.57. The largest absolute Gasteiger partial charge is 0.743 e. The van der Waals surface area contributed by atoms with E-state index in [4.69, 9.17) is 0 Å². The van der Waals surface area contributed by atoms with Crippen LogP contribution in [0.3, 0.4) is 0 Å². The SMILES string of the molecule is Cc1cc(I)cc(C(=O)OCCC(F)(F)C(F)(F)S(=O)(=O)[O-])c1I. The predicted octanol–water partition coefficient (Wildman–Crippen LogP) is 3.52. The number of carbonyl (C=O) groups excluding carboxylic acids is 1. The van der Waals surface area contributed by atoms with Crippen molar-refractivity contribution in [1.29, 1.82) is 0 Å². The van der Waals surface area contributed by atoms with Gasteiger partial charge in [-0.2, -0.15) is 17.6 Å². The van der Waals surface area contributed by atoms with Crippen molar-refractivity contribution >= 4 is 61.3 Å². The Kier molecular flexibility index (Phi) is 6.88. The molecule has 0 aromatic heterocycles. The van der Waals surface area contributed by atoms with Crippen LogP contribution in [0.4, 0.5) is 17.6 Å². The normalized spacial score (nSPS) is 13.0. The lowest BCUT2D eigenvalue weighted by Gasteiger charge is -2.28. The highest BCUT2D eigenvalue weighted by Crippen LogP contribution is 2.40. The van der Waals surface area contributed by atoms with Crippen LogP contribution in [0.15, 0.2) is 12.1 Å². The molecule has 1 aromatic carbocycles. The topological polar surface area (TPSA) is 83.5 Å². The number of ether oxygens (including phenoxy) is 1. The third kappa shape index (κ3) is 4.69. The number of aryl methyl sites for hydroxylation is 1. The zero-order valence-electron chi connectivity index (χ0n) is 11.8. The molecule has 12 heteroatoms. The molecule has 0 spiro atoms. The van der Waals surface area contributed by atoms with Gasteiger partial charge in [0.2, 0.25) is 0 Å². The highest BCUT2D eigenvalue weighted by Gasteiger charge is 2.61. The molecule has 0 aliphatic heterocycles. The minimum atomic E-state index is -6.56. The number of carbonyl (C=O) groups is 1. The smallest absolute Gasteiger partial charge is 0.396 e. The van der Waals surface area contributed by atoms with Crippen LogP contribution in [-0.2, 0) is 14.9 Å². The number of alkyl halides is 4. The fraction of sp³-hybridized carbons (Fsp3) is 0.417. The zero-order valence-corrected chi connectivity index (χ0v) is 16.9. The lowest BCUT2D eigenvalue weighted by Crippen LogP contribution is -2.47. The summed E-state index contributed by atoms with van der Waals surface area (Å²) in [6, 6.07) is 3.18. The van der Waals surface area contributed by atoms with Crippen LogP contribution in [0, 0.1) is 14.1 Å². The molecule has 24 heavy (non-hydrogen) atoms. The van der Waals surface area contributed by atoms with Crippen molar-refractivity contribution in [2.75, 3.05) is 6.61 Å². The van der Waals surface area contributed by atoms with Crippen molar-refractivity contribution in [2.45, 2.75) is 24.5 Å². The zero-order chi connectivity index (χ0) is 18.9. The van der Waals surface area contributed by atoms with Gasteiger partial charge in [-0.3, -0.25) is 0 Å². The molecule has 136 valence electrons. The highest BCUT2D eigenvalue weighted by atomic mass is 127. The quantitative estimate of drug-likeness (QED) is 0.218. The van der Waals surface area contributed by atoms with Gasteiger partial charge in [0.1, 0.15) is 0 Å². The molecule has 0 bridgehead atoms. The Morgan fingerprint density at radius 3 is 2.29 bits per heavy atom. The fourth-order valence-corrected chi connectivity index (χ4v) is 3.33. The summed E-state index contributed by atoms with van der Waals surface area (Å²) < 4.78 is 88.7. The van der Waals surface area contributed by atoms with E-state index in [0.29, 0.717) is 7.14 Å². The van der Waals surface area contributed by atoms with E-state index < -0.39 is 40.3 Å². The molecule has 0 N–H and O–H groups in total. The first kappa shape index (κ1) is 21.8. The first-order valence-electron chi connectivity index (χ1n) is 6.04. The summed E-state index contributed by atoms with van der Waals surface area (Å²) in [6.45, 7) is 0.520. The summed E-state index contributed by atoms with van der Waals surface area (Å²) >= 11 is 3.75. The Bertz CT molecular complexity index is 752. The molecule has 0 unspecified atom stereocenters. The summed E-state index contributed by atoms with van der Waals surface area (Å²) in [7, 11) is -6.56. The number of hydrogen-bond donors (Lipinski definition) is 0. The fourth-order valence-electron chi connectivity index (χ4n) is 1.55. The van der Waals surface area contributed by atoms with Crippen LogP contribution in [0.5, 0.6) is 0 Å². The Morgan fingerprint density at radius 2 is 1.79 bits per heavy atom. The molecule has 0 amide bonds. The monoisotopic (exact) mass is 595 g/mol. The number of benzene rings is 1. The average Bonchev–Trinajstić information content (AvgIpc) is 2.40. The molecule has 0 heterocycles. The number of halogens is 6. The van der Waals surface area contributed by atoms with Crippen LogP contribution in [0.25, 0.3) is 0 Å². The van der Waals surface area contributed by atoms with Crippen molar-refractivity contribution in [3.8, 4) is 0 Å². The summed E-state index contributed by atoms with van der Waals surface area (Å²) in [4.78, 5) is 11.9. The van der Waals surface area contributed by atoms with Crippen molar-refractivity contribution in [2.24, 2.45) is 0 Å². The maximum atomic E-state index is 13.2.